The van der Waals surface area contributed by atoms with E-state index in [0.29, 0.717) is 12.1 Å². The zero-order valence-electron chi connectivity index (χ0n) is 11.2. The van der Waals surface area contributed by atoms with Gasteiger partial charge in [-0.15, -0.1) is 0 Å². The Hall–Kier alpha value is -2.56. The minimum atomic E-state index is -0.0312. The van der Waals surface area contributed by atoms with Crippen molar-refractivity contribution in [3.05, 3.63) is 42.1 Å². The molecule has 1 amide bonds. The molecule has 2 aromatic heterocycles. The van der Waals surface area contributed by atoms with Gasteiger partial charge in [0.25, 0.3) is 5.91 Å². The van der Waals surface area contributed by atoms with E-state index in [0.717, 1.165) is 28.7 Å². The lowest BCUT2D eigenvalue weighted by Gasteiger charge is -2.03. The molecule has 0 aliphatic heterocycles. The lowest BCUT2D eigenvalue weighted by molar-refractivity contribution is 0.0954. The van der Waals surface area contributed by atoms with Gasteiger partial charge in [-0.1, -0.05) is 6.92 Å². The Balaban J connectivity index is 1.93. The first kappa shape index (κ1) is 12.5. The summed E-state index contributed by atoms with van der Waals surface area (Å²) < 4.78 is 0. The largest absolute Gasteiger partial charge is 0.353 e. The third-order valence-electron chi connectivity index (χ3n) is 3.20. The monoisotopic (exact) mass is 268 g/mol. The van der Waals surface area contributed by atoms with Crippen LogP contribution in [0, 0.1) is 0 Å². The number of benzene rings is 1. The Bertz CT molecular complexity index is 728. The van der Waals surface area contributed by atoms with Gasteiger partial charge in [-0.3, -0.25) is 9.89 Å². The summed E-state index contributed by atoms with van der Waals surface area (Å²) in [7, 11) is 0. The standard InChI is InChI=1S/C15H16N4O/c1-2-6-16-15(20)10-3-4-12-11(8-10)9-14(18-12)13-5-7-17-19-13/h3-5,7-9,18H,2,6H2,1H3,(H,16,20)(H,17,19). The number of nitrogens with zero attached hydrogens (tertiary/aromatic N) is 1. The van der Waals surface area contributed by atoms with E-state index in [1.165, 1.54) is 0 Å². The van der Waals surface area contributed by atoms with Crippen LogP contribution < -0.4 is 5.32 Å². The van der Waals surface area contributed by atoms with Gasteiger partial charge >= 0.3 is 0 Å². The third-order valence-corrected chi connectivity index (χ3v) is 3.20. The first-order chi connectivity index (χ1) is 9.78. The number of carbonyl (C=O) groups is 1. The van der Waals surface area contributed by atoms with Crippen LogP contribution in [0.4, 0.5) is 0 Å². The predicted octanol–water partition coefficient (Wildman–Crippen LogP) is 2.70. The molecule has 0 aliphatic carbocycles. The summed E-state index contributed by atoms with van der Waals surface area (Å²) in [5.74, 6) is -0.0312. The molecule has 102 valence electrons. The average Bonchev–Trinajstić information content (AvgIpc) is 3.11. The first-order valence-corrected chi connectivity index (χ1v) is 6.69. The molecule has 0 saturated heterocycles. The van der Waals surface area contributed by atoms with E-state index in [1.807, 2.05) is 37.3 Å². The Kier molecular flexibility index (Phi) is 3.25. The van der Waals surface area contributed by atoms with Crippen LogP contribution in [0.15, 0.2) is 36.5 Å². The predicted molar refractivity (Wildman–Crippen MR) is 78.5 cm³/mol. The van der Waals surface area contributed by atoms with E-state index in [-0.39, 0.29) is 5.91 Å². The van der Waals surface area contributed by atoms with Crippen molar-refractivity contribution in [1.82, 2.24) is 20.5 Å². The Morgan fingerprint density at radius 1 is 1.30 bits per heavy atom. The van der Waals surface area contributed by atoms with E-state index >= 15 is 0 Å². The molecule has 5 heteroatoms. The second-order valence-corrected chi connectivity index (χ2v) is 4.70. The Morgan fingerprint density at radius 2 is 2.20 bits per heavy atom. The van der Waals surface area contributed by atoms with Crippen LogP contribution in [0.25, 0.3) is 22.3 Å². The van der Waals surface area contributed by atoms with Crippen molar-refractivity contribution in [3.8, 4) is 11.4 Å². The molecule has 0 radical (unpaired) electrons. The van der Waals surface area contributed by atoms with E-state index in [4.69, 9.17) is 0 Å². The zero-order chi connectivity index (χ0) is 13.9. The molecule has 3 N–H and O–H groups in total. The molecule has 5 nitrogen and oxygen atoms in total. The van der Waals surface area contributed by atoms with Crippen molar-refractivity contribution in [2.75, 3.05) is 6.54 Å². The highest BCUT2D eigenvalue weighted by Gasteiger charge is 2.09. The SMILES string of the molecule is CCCNC(=O)c1ccc2[nH]c(-c3cc[nH]n3)cc2c1. The zero-order valence-corrected chi connectivity index (χ0v) is 11.2. The quantitative estimate of drug-likeness (QED) is 0.680. The number of amides is 1. The molecule has 1 aromatic carbocycles. The van der Waals surface area contributed by atoms with Crippen LogP contribution in [0.1, 0.15) is 23.7 Å². The fourth-order valence-electron chi connectivity index (χ4n) is 2.16. The maximum Gasteiger partial charge on any atom is 0.251 e. The summed E-state index contributed by atoms with van der Waals surface area (Å²) in [6, 6.07) is 9.55. The van der Waals surface area contributed by atoms with Gasteiger partial charge in [-0.05, 0) is 36.8 Å². The number of H-pyrrole nitrogens is 2. The van der Waals surface area contributed by atoms with Gasteiger partial charge < -0.3 is 10.3 Å². The smallest absolute Gasteiger partial charge is 0.251 e. The molecule has 0 aliphatic rings. The van der Waals surface area contributed by atoms with E-state index < -0.39 is 0 Å². The summed E-state index contributed by atoms with van der Waals surface area (Å²) in [6.45, 7) is 2.73. The van der Waals surface area contributed by atoms with E-state index in [9.17, 15) is 4.79 Å². The average molecular weight is 268 g/mol. The number of hydrogen-bond acceptors (Lipinski definition) is 2. The molecule has 20 heavy (non-hydrogen) atoms. The third kappa shape index (κ3) is 2.30. The van der Waals surface area contributed by atoms with Crippen molar-refractivity contribution in [3.63, 3.8) is 0 Å². The molecule has 0 bridgehead atoms. The molecular weight excluding hydrogens is 252 g/mol. The number of rotatable bonds is 4. The molecule has 0 atom stereocenters. The second kappa shape index (κ2) is 5.21. The van der Waals surface area contributed by atoms with Gasteiger partial charge in [0.2, 0.25) is 0 Å². The van der Waals surface area contributed by atoms with Crippen LogP contribution in [-0.4, -0.2) is 27.6 Å². The highest BCUT2D eigenvalue weighted by molar-refractivity contribution is 5.98. The summed E-state index contributed by atoms with van der Waals surface area (Å²) >= 11 is 0. The molecule has 2 heterocycles. The minimum Gasteiger partial charge on any atom is -0.353 e. The lowest BCUT2D eigenvalue weighted by Crippen LogP contribution is -2.23. The number of hydrogen-bond donors (Lipinski definition) is 3. The molecule has 3 aromatic rings. The lowest BCUT2D eigenvalue weighted by atomic mass is 10.1. The van der Waals surface area contributed by atoms with Crippen LogP contribution >= 0.6 is 0 Å². The summed E-state index contributed by atoms with van der Waals surface area (Å²) in [4.78, 5) is 15.2. The Morgan fingerprint density at radius 3 is 2.95 bits per heavy atom. The summed E-state index contributed by atoms with van der Waals surface area (Å²) in [6.07, 6.45) is 2.71. The number of nitrogens with one attached hydrogen (secondary N) is 3. The van der Waals surface area contributed by atoms with Gasteiger partial charge in [0.1, 0.15) is 5.69 Å². The van der Waals surface area contributed by atoms with Crippen molar-refractivity contribution in [2.24, 2.45) is 0 Å². The van der Waals surface area contributed by atoms with E-state index in [1.54, 1.807) is 6.20 Å². The van der Waals surface area contributed by atoms with Gasteiger partial charge in [-0.25, -0.2) is 0 Å². The topological polar surface area (TPSA) is 73.6 Å². The maximum atomic E-state index is 11.9. The van der Waals surface area contributed by atoms with Gasteiger partial charge in [0.05, 0.1) is 5.69 Å². The highest BCUT2D eigenvalue weighted by atomic mass is 16.1. The number of aromatic nitrogens is 3. The van der Waals surface area contributed by atoms with Gasteiger partial charge in [-0.2, -0.15) is 5.10 Å². The summed E-state index contributed by atoms with van der Waals surface area (Å²) in [5, 5.41) is 10.8. The van der Waals surface area contributed by atoms with E-state index in [2.05, 4.69) is 20.5 Å². The fraction of sp³-hybridized carbons (Fsp3) is 0.200. The normalized spacial score (nSPS) is 10.8. The van der Waals surface area contributed by atoms with Crippen LogP contribution in [0.3, 0.4) is 0 Å². The first-order valence-electron chi connectivity index (χ1n) is 6.69. The van der Waals surface area contributed by atoms with Crippen molar-refractivity contribution in [1.29, 1.82) is 0 Å². The van der Waals surface area contributed by atoms with Crippen LogP contribution in [-0.2, 0) is 0 Å². The van der Waals surface area contributed by atoms with Crippen molar-refractivity contribution >= 4 is 16.8 Å². The summed E-state index contributed by atoms with van der Waals surface area (Å²) in [5.41, 5.74) is 3.47. The highest BCUT2D eigenvalue weighted by Crippen LogP contribution is 2.23. The van der Waals surface area contributed by atoms with Gasteiger partial charge in [0, 0.05) is 29.2 Å². The van der Waals surface area contributed by atoms with Gasteiger partial charge in [0.15, 0.2) is 0 Å². The second-order valence-electron chi connectivity index (χ2n) is 4.70. The number of carbonyl (C=O) groups excluding carboxylic acids is 1. The van der Waals surface area contributed by atoms with Crippen LogP contribution in [0.2, 0.25) is 0 Å². The molecular formula is C15H16N4O. The molecule has 3 rings (SSSR count). The van der Waals surface area contributed by atoms with Crippen molar-refractivity contribution in [2.45, 2.75) is 13.3 Å². The fourth-order valence-corrected chi connectivity index (χ4v) is 2.16. The number of fused-ring (bicyclic) bond motifs is 1. The van der Waals surface area contributed by atoms with Crippen LogP contribution in [0.5, 0.6) is 0 Å². The molecule has 0 fully saturated rings. The molecule has 0 unspecified atom stereocenters. The Labute approximate surface area is 116 Å². The molecule has 0 saturated carbocycles. The maximum absolute atomic E-state index is 11.9. The number of aromatic amines is 2. The molecule has 0 spiro atoms. The van der Waals surface area contributed by atoms with Crippen molar-refractivity contribution < 1.29 is 4.79 Å². The minimum absolute atomic E-state index is 0.0312.